The summed E-state index contributed by atoms with van der Waals surface area (Å²) in [5, 5.41) is 13.3. The number of allylic oxidation sites excluding steroid dienone is 2. The molecule has 10 nitrogen and oxygen atoms in total. The van der Waals surface area contributed by atoms with Gasteiger partial charge in [0.05, 0.1) is 11.5 Å². The number of hydrogen-bond donors (Lipinski definition) is 1. The molecular formula is C29H40N2O8. The summed E-state index contributed by atoms with van der Waals surface area (Å²) in [5.74, 6) is -0.199. The highest BCUT2D eigenvalue weighted by atomic mass is 16.6. The van der Waals surface area contributed by atoms with E-state index in [4.69, 9.17) is 14.2 Å². The van der Waals surface area contributed by atoms with Crippen molar-refractivity contribution in [3.63, 3.8) is 0 Å². The summed E-state index contributed by atoms with van der Waals surface area (Å²) in [6.07, 6.45) is 6.40. The Hall–Kier alpha value is -3.53. The van der Waals surface area contributed by atoms with E-state index in [1.165, 1.54) is 36.8 Å². The molecule has 0 saturated carbocycles. The van der Waals surface area contributed by atoms with Crippen LogP contribution in [0.5, 0.6) is 0 Å². The largest absolute Gasteiger partial charge is 0.459 e. The Morgan fingerprint density at radius 3 is 2.51 bits per heavy atom. The van der Waals surface area contributed by atoms with E-state index in [0.717, 1.165) is 24.8 Å². The molecule has 1 heterocycles. The van der Waals surface area contributed by atoms with Gasteiger partial charge in [0.2, 0.25) is 0 Å². The number of Topliss-reactive ketones (excluding diaryl/α,β-unsaturated/α-hetero) is 1. The Morgan fingerprint density at radius 2 is 1.90 bits per heavy atom. The van der Waals surface area contributed by atoms with Gasteiger partial charge >= 0.3 is 12.1 Å². The zero-order valence-corrected chi connectivity index (χ0v) is 23.5. The summed E-state index contributed by atoms with van der Waals surface area (Å²) >= 11 is 0. The number of nitrogens with zero attached hydrogens (tertiary/aromatic N) is 1. The smallest absolute Gasteiger partial charge is 0.411 e. The van der Waals surface area contributed by atoms with Crippen LogP contribution in [0.25, 0.3) is 0 Å². The maximum absolute atomic E-state index is 13.3. The highest BCUT2D eigenvalue weighted by Gasteiger charge is 2.45. The van der Waals surface area contributed by atoms with Crippen molar-refractivity contribution in [2.75, 3.05) is 18.5 Å². The van der Waals surface area contributed by atoms with E-state index in [0.29, 0.717) is 30.9 Å². The van der Waals surface area contributed by atoms with Crippen molar-refractivity contribution in [3.05, 3.63) is 57.7 Å². The average Bonchev–Trinajstić information content (AvgIpc) is 3.02. The van der Waals surface area contributed by atoms with E-state index >= 15 is 0 Å². The summed E-state index contributed by atoms with van der Waals surface area (Å²) in [5.41, 5.74) is 1.11. The van der Waals surface area contributed by atoms with Crippen LogP contribution in [0.3, 0.4) is 0 Å². The molecule has 0 radical (unpaired) electrons. The summed E-state index contributed by atoms with van der Waals surface area (Å²) in [6.45, 7) is 9.37. The fourth-order valence-corrected chi connectivity index (χ4v) is 4.27. The second-order valence-electron chi connectivity index (χ2n) is 10.3. The minimum Gasteiger partial charge on any atom is -0.459 e. The molecule has 0 aromatic heterocycles. The molecular weight excluding hydrogens is 504 g/mol. The van der Waals surface area contributed by atoms with Crippen LogP contribution in [-0.2, 0) is 23.8 Å². The van der Waals surface area contributed by atoms with Crippen LogP contribution < -0.4 is 5.32 Å². The number of ether oxygens (including phenoxy) is 3. The highest BCUT2D eigenvalue weighted by Crippen LogP contribution is 2.32. The number of carbonyl (C=O) groups excluding carboxylic acids is 3. The minimum absolute atomic E-state index is 0.0381. The molecule has 3 atom stereocenters. The first-order valence-corrected chi connectivity index (χ1v) is 13.2. The predicted octanol–water partition coefficient (Wildman–Crippen LogP) is 6.30. The zero-order chi connectivity index (χ0) is 29.0. The van der Waals surface area contributed by atoms with Gasteiger partial charge in [-0.25, -0.2) is 4.79 Å². The molecule has 1 saturated heterocycles. The van der Waals surface area contributed by atoms with Gasteiger partial charge in [0, 0.05) is 31.2 Å². The number of amides is 1. The third kappa shape index (κ3) is 10.6. The van der Waals surface area contributed by atoms with Crippen molar-refractivity contribution >= 4 is 29.2 Å². The number of rotatable bonds is 12. The van der Waals surface area contributed by atoms with Gasteiger partial charge in [-0.3, -0.25) is 25.0 Å². The third-order valence-electron chi connectivity index (χ3n) is 6.75. The first-order valence-electron chi connectivity index (χ1n) is 13.2. The second kappa shape index (κ2) is 15.2. The predicted molar refractivity (Wildman–Crippen MR) is 147 cm³/mol. The van der Waals surface area contributed by atoms with Crippen LogP contribution >= 0.6 is 0 Å². The summed E-state index contributed by atoms with van der Waals surface area (Å²) < 4.78 is 16.8. The standard InChI is InChI=1S/C29H40N2O8/c1-20(2)7-6-8-21(3)9-15-26(33)29(5)27(39-22(4)32)16-10-23(19-38-29)17-18-37-28(34)30-24-11-13-25(14-12-24)31(35)36/h7,11-14,17,21,27H,6,8-10,15-16,18-19H2,1-5H3,(H,30,34)/t21?,27-,29-/m1/s1. The molecule has 1 aromatic carbocycles. The van der Waals surface area contributed by atoms with Crippen molar-refractivity contribution in [1.29, 1.82) is 0 Å². The quantitative estimate of drug-likeness (QED) is 0.140. The lowest BCUT2D eigenvalue weighted by molar-refractivity contribution is -0.384. The Kier molecular flexibility index (Phi) is 12.3. The number of esters is 1. The molecule has 10 heteroatoms. The first-order chi connectivity index (χ1) is 18.4. The van der Waals surface area contributed by atoms with E-state index in [1.54, 1.807) is 13.0 Å². The fourth-order valence-electron chi connectivity index (χ4n) is 4.27. The van der Waals surface area contributed by atoms with Crippen molar-refractivity contribution in [2.45, 2.75) is 84.8 Å². The normalized spacial score (nSPS) is 20.8. The number of carbonyl (C=O) groups is 3. The van der Waals surface area contributed by atoms with Crippen LogP contribution in [0.15, 0.2) is 47.6 Å². The van der Waals surface area contributed by atoms with Crippen molar-refractivity contribution in [1.82, 2.24) is 0 Å². The molecule has 1 aliphatic rings. The number of nitro benzene ring substituents is 1. The molecule has 1 fully saturated rings. The Labute approximate surface area is 229 Å². The third-order valence-corrected chi connectivity index (χ3v) is 6.75. The number of non-ortho nitro benzene ring substituents is 1. The van der Waals surface area contributed by atoms with Crippen LogP contribution in [0.2, 0.25) is 0 Å². The molecule has 2 rings (SSSR count). The fraction of sp³-hybridized carbons (Fsp3) is 0.552. The molecule has 1 aliphatic heterocycles. The monoisotopic (exact) mass is 544 g/mol. The number of nitro groups is 1. The van der Waals surface area contributed by atoms with Crippen LogP contribution in [0.1, 0.15) is 73.1 Å². The first kappa shape index (κ1) is 31.7. The number of hydrogen-bond acceptors (Lipinski definition) is 8. The van der Waals surface area contributed by atoms with Gasteiger partial charge in [-0.05, 0) is 82.6 Å². The lowest BCUT2D eigenvalue weighted by atomic mass is 9.86. The van der Waals surface area contributed by atoms with Crippen LogP contribution in [0, 0.1) is 16.0 Å². The van der Waals surface area contributed by atoms with E-state index in [1.807, 2.05) is 0 Å². The highest BCUT2D eigenvalue weighted by molar-refractivity contribution is 5.88. The van der Waals surface area contributed by atoms with Crippen molar-refractivity contribution < 1.29 is 33.5 Å². The molecule has 0 bridgehead atoms. The van der Waals surface area contributed by atoms with Crippen LogP contribution in [-0.4, -0.2) is 47.7 Å². The van der Waals surface area contributed by atoms with Gasteiger partial charge in [-0.15, -0.1) is 0 Å². The molecule has 1 amide bonds. The number of anilines is 1. The molecule has 214 valence electrons. The van der Waals surface area contributed by atoms with Crippen molar-refractivity contribution in [3.8, 4) is 0 Å². The van der Waals surface area contributed by atoms with Crippen LogP contribution in [0.4, 0.5) is 16.2 Å². The van der Waals surface area contributed by atoms with E-state index in [9.17, 15) is 24.5 Å². The molecule has 39 heavy (non-hydrogen) atoms. The molecule has 1 aromatic rings. The molecule has 0 spiro atoms. The summed E-state index contributed by atoms with van der Waals surface area (Å²) in [7, 11) is 0. The van der Waals surface area contributed by atoms with E-state index in [-0.39, 0.29) is 24.7 Å². The van der Waals surface area contributed by atoms with Gasteiger partial charge in [0.15, 0.2) is 11.4 Å². The molecule has 0 aliphatic carbocycles. The SMILES string of the molecule is CC(=O)O[C@@H]1CCC(=CCOC(=O)Nc2ccc([N+](=O)[O-])cc2)CO[C@]1(C)C(=O)CCC(C)CCC=C(C)C. The van der Waals surface area contributed by atoms with Gasteiger partial charge in [0.1, 0.15) is 12.7 Å². The van der Waals surface area contributed by atoms with E-state index in [2.05, 4.69) is 32.2 Å². The lowest BCUT2D eigenvalue weighted by Crippen LogP contribution is -2.50. The van der Waals surface area contributed by atoms with Gasteiger partial charge in [-0.2, -0.15) is 0 Å². The number of nitrogens with one attached hydrogen (secondary N) is 1. The maximum atomic E-state index is 13.3. The average molecular weight is 545 g/mol. The Balaban J connectivity index is 1.95. The lowest BCUT2D eigenvalue weighted by Gasteiger charge is -2.34. The van der Waals surface area contributed by atoms with Gasteiger partial charge in [0.25, 0.3) is 5.69 Å². The molecule has 1 N–H and O–H groups in total. The maximum Gasteiger partial charge on any atom is 0.411 e. The summed E-state index contributed by atoms with van der Waals surface area (Å²) in [6, 6.07) is 5.38. The van der Waals surface area contributed by atoms with Gasteiger partial charge < -0.3 is 14.2 Å². The molecule has 1 unspecified atom stereocenters. The number of ketones is 1. The second-order valence-corrected chi connectivity index (χ2v) is 10.3. The minimum atomic E-state index is -1.27. The topological polar surface area (TPSA) is 134 Å². The zero-order valence-electron chi connectivity index (χ0n) is 23.5. The Morgan fingerprint density at radius 1 is 1.21 bits per heavy atom. The van der Waals surface area contributed by atoms with Gasteiger partial charge in [-0.1, -0.05) is 18.6 Å². The van der Waals surface area contributed by atoms with Crippen molar-refractivity contribution in [2.24, 2.45) is 5.92 Å². The number of benzene rings is 1. The van der Waals surface area contributed by atoms with E-state index < -0.39 is 28.7 Å². The summed E-state index contributed by atoms with van der Waals surface area (Å²) in [4.78, 5) is 47.4. The Bertz CT molecular complexity index is 1080.